The number of fused-ring (bicyclic) bond motifs is 1. The van der Waals surface area contributed by atoms with E-state index in [0.29, 0.717) is 10.9 Å². The van der Waals surface area contributed by atoms with E-state index in [2.05, 4.69) is 0 Å². The third-order valence-corrected chi connectivity index (χ3v) is 3.52. The Morgan fingerprint density at radius 2 is 2.11 bits per heavy atom. The van der Waals surface area contributed by atoms with E-state index in [0.717, 1.165) is 12.8 Å². The molecule has 0 unspecified atom stereocenters. The lowest BCUT2D eigenvalue weighted by atomic mass is 10.1. The molecule has 0 radical (unpaired) electrons. The molecule has 0 bridgehead atoms. The Balaban J connectivity index is 2.53. The molecule has 3 rings (SSSR count). The van der Waals surface area contributed by atoms with Crippen molar-refractivity contribution in [3.05, 3.63) is 45.5 Å². The molecule has 4 nitrogen and oxygen atoms in total. The van der Waals surface area contributed by atoms with Crippen molar-refractivity contribution in [3.63, 3.8) is 0 Å². The van der Waals surface area contributed by atoms with Crippen LogP contribution in [-0.4, -0.2) is 15.6 Å². The van der Waals surface area contributed by atoms with Gasteiger partial charge >= 0.3 is 5.97 Å². The molecule has 5 heteroatoms. The fraction of sp³-hybridized carbons (Fsp3) is 0.286. The minimum Gasteiger partial charge on any atom is -0.477 e. The summed E-state index contributed by atoms with van der Waals surface area (Å²) in [6.07, 6.45) is 1.71. The topological polar surface area (TPSA) is 59.3 Å². The summed E-state index contributed by atoms with van der Waals surface area (Å²) in [5, 5.41) is 9.69. The van der Waals surface area contributed by atoms with E-state index in [9.17, 15) is 19.1 Å². The van der Waals surface area contributed by atoms with Gasteiger partial charge in [0.1, 0.15) is 11.5 Å². The van der Waals surface area contributed by atoms with E-state index < -0.39 is 11.8 Å². The van der Waals surface area contributed by atoms with Gasteiger partial charge < -0.3 is 9.67 Å². The number of carbonyl (C=O) groups is 1. The average Bonchev–Trinajstić information content (AvgIpc) is 3.16. The fourth-order valence-corrected chi connectivity index (χ4v) is 2.48. The Morgan fingerprint density at radius 3 is 2.68 bits per heavy atom. The monoisotopic (exact) mass is 261 g/mol. The maximum Gasteiger partial charge on any atom is 0.352 e. The second kappa shape index (κ2) is 3.91. The van der Waals surface area contributed by atoms with E-state index >= 15 is 0 Å². The third-order valence-electron chi connectivity index (χ3n) is 3.52. The maximum atomic E-state index is 13.4. The van der Waals surface area contributed by atoms with Gasteiger partial charge in [-0.3, -0.25) is 4.79 Å². The minimum absolute atomic E-state index is 0.0226. The molecule has 1 heterocycles. The average molecular weight is 261 g/mol. The number of halogens is 1. The van der Waals surface area contributed by atoms with Crippen LogP contribution in [0.3, 0.4) is 0 Å². The number of nitrogens with zero attached hydrogens (tertiary/aromatic N) is 1. The molecule has 2 aromatic rings. The molecular formula is C14H12FNO3. The van der Waals surface area contributed by atoms with Crippen LogP contribution in [0.25, 0.3) is 10.9 Å². The SMILES string of the molecule is Cc1c(C(=O)O)n(C2CC2)c2cc(F)ccc2c1=O. The van der Waals surface area contributed by atoms with Crippen LogP contribution in [0.15, 0.2) is 23.0 Å². The van der Waals surface area contributed by atoms with Gasteiger partial charge in [0, 0.05) is 17.0 Å². The molecule has 0 aliphatic heterocycles. The lowest BCUT2D eigenvalue weighted by Gasteiger charge is -2.16. The van der Waals surface area contributed by atoms with Gasteiger partial charge in [0.15, 0.2) is 5.43 Å². The molecular weight excluding hydrogens is 249 g/mol. The van der Waals surface area contributed by atoms with Crippen molar-refractivity contribution in [2.24, 2.45) is 0 Å². The summed E-state index contributed by atoms with van der Waals surface area (Å²) in [5.74, 6) is -1.62. The lowest BCUT2D eigenvalue weighted by Crippen LogP contribution is -2.21. The molecule has 1 fully saturated rings. The maximum absolute atomic E-state index is 13.4. The van der Waals surface area contributed by atoms with Crippen molar-refractivity contribution < 1.29 is 14.3 Å². The van der Waals surface area contributed by atoms with E-state index in [1.54, 1.807) is 4.57 Å². The predicted molar refractivity (Wildman–Crippen MR) is 68.1 cm³/mol. The van der Waals surface area contributed by atoms with E-state index in [4.69, 9.17) is 0 Å². The van der Waals surface area contributed by atoms with E-state index in [1.165, 1.54) is 25.1 Å². The molecule has 1 aliphatic rings. The zero-order valence-corrected chi connectivity index (χ0v) is 10.3. The van der Waals surface area contributed by atoms with E-state index in [-0.39, 0.29) is 22.7 Å². The molecule has 98 valence electrons. The van der Waals surface area contributed by atoms with Crippen molar-refractivity contribution in [3.8, 4) is 0 Å². The molecule has 0 amide bonds. The number of hydrogen-bond acceptors (Lipinski definition) is 2. The highest BCUT2D eigenvalue weighted by Gasteiger charge is 2.30. The molecule has 1 aromatic carbocycles. The molecule has 0 atom stereocenters. The zero-order valence-electron chi connectivity index (χ0n) is 10.3. The van der Waals surface area contributed by atoms with Crippen molar-refractivity contribution in [1.82, 2.24) is 4.57 Å². The Kier molecular flexibility index (Phi) is 2.45. The number of aromatic nitrogens is 1. The largest absolute Gasteiger partial charge is 0.477 e. The number of pyridine rings is 1. The van der Waals surface area contributed by atoms with Gasteiger partial charge in [-0.15, -0.1) is 0 Å². The highest BCUT2D eigenvalue weighted by molar-refractivity contribution is 5.92. The Bertz CT molecular complexity index is 759. The van der Waals surface area contributed by atoms with Gasteiger partial charge in [0.2, 0.25) is 0 Å². The molecule has 19 heavy (non-hydrogen) atoms. The van der Waals surface area contributed by atoms with E-state index in [1.807, 2.05) is 0 Å². The second-order valence-corrected chi connectivity index (χ2v) is 4.87. The normalized spacial score (nSPS) is 14.8. The molecule has 1 saturated carbocycles. The molecule has 1 N–H and O–H groups in total. The Hall–Kier alpha value is -2.17. The summed E-state index contributed by atoms with van der Waals surface area (Å²) in [6, 6.07) is 3.93. The second-order valence-electron chi connectivity index (χ2n) is 4.87. The zero-order chi connectivity index (χ0) is 13.7. The first-order valence-electron chi connectivity index (χ1n) is 6.08. The first kappa shape index (κ1) is 11.9. The van der Waals surface area contributed by atoms with Crippen LogP contribution in [-0.2, 0) is 0 Å². The standard InChI is InChI=1S/C14H12FNO3/c1-7-12(14(18)19)16(9-3-4-9)11-6-8(15)2-5-10(11)13(7)17/h2,5-6,9H,3-4H2,1H3,(H,18,19). The van der Waals surface area contributed by atoms with Gasteiger partial charge in [-0.1, -0.05) is 0 Å². The van der Waals surface area contributed by atoms with Gasteiger partial charge in [-0.2, -0.15) is 0 Å². The predicted octanol–water partition coefficient (Wildman–Crippen LogP) is 2.48. The summed E-state index contributed by atoms with van der Waals surface area (Å²) in [6.45, 7) is 1.51. The summed E-state index contributed by atoms with van der Waals surface area (Å²) in [7, 11) is 0. The minimum atomic E-state index is -1.15. The van der Waals surface area contributed by atoms with Crippen LogP contribution in [0, 0.1) is 12.7 Å². The van der Waals surface area contributed by atoms with Gasteiger partial charge in [-0.25, -0.2) is 9.18 Å². The summed E-state index contributed by atoms with van der Waals surface area (Å²) >= 11 is 0. The molecule has 1 aliphatic carbocycles. The summed E-state index contributed by atoms with van der Waals surface area (Å²) in [5.41, 5.74) is 0.212. The smallest absolute Gasteiger partial charge is 0.352 e. The van der Waals surface area contributed by atoms with Crippen LogP contribution in [0.1, 0.15) is 34.9 Å². The number of carboxylic acids is 1. The first-order chi connectivity index (χ1) is 9.00. The fourth-order valence-electron chi connectivity index (χ4n) is 2.48. The van der Waals surface area contributed by atoms with Crippen LogP contribution in [0.2, 0.25) is 0 Å². The number of carboxylic acid groups (broad SMARTS) is 1. The third kappa shape index (κ3) is 1.73. The number of benzene rings is 1. The summed E-state index contributed by atoms with van der Waals surface area (Å²) < 4.78 is 15.0. The van der Waals surface area contributed by atoms with Crippen molar-refractivity contribution in [1.29, 1.82) is 0 Å². The number of hydrogen-bond donors (Lipinski definition) is 1. The van der Waals surface area contributed by atoms with Crippen LogP contribution < -0.4 is 5.43 Å². The quantitative estimate of drug-likeness (QED) is 0.903. The van der Waals surface area contributed by atoms with Crippen molar-refractivity contribution in [2.45, 2.75) is 25.8 Å². The van der Waals surface area contributed by atoms with Crippen LogP contribution in [0.5, 0.6) is 0 Å². The molecule has 0 saturated heterocycles. The Morgan fingerprint density at radius 1 is 1.42 bits per heavy atom. The van der Waals surface area contributed by atoms with Gasteiger partial charge in [0.25, 0.3) is 0 Å². The van der Waals surface area contributed by atoms with Crippen LogP contribution >= 0.6 is 0 Å². The summed E-state index contributed by atoms with van der Waals surface area (Å²) in [4.78, 5) is 23.6. The number of rotatable bonds is 2. The molecule has 0 spiro atoms. The van der Waals surface area contributed by atoms with Crippen molar-refractivity contribution >= 4 is 16.9 Å². The molecule has 1 aromatic heterocycles. The highest BCUT2D eigenvalue weighted by Crippen LogP contribution is 2.38. The number of aromatic carboxylic acids is 1. The first-order valence-corrected chi connectivity index (χ1v) is 6.08. The lowest BCUT2D eigenvalue weighted by molar-refractivity contribution is 0.0683. The Labute approximate surface area is 108 Å². The van der Waals surface area contributed by atoms with Crippen molar-refractivity contribution in [2.75, 3.05) is 0 Å². The highest BCUT2D eigenvalue weighted by atomic mass is 19.1. The van der Waals surface area contributed by atoms with Crippen LogP contribution in [0.4, 0.5) is 4.39 Å². The van der Waals surface area contributed by atoms with Gasteiger partial charge in [0.05, 0.1) is 5.52 Å². The van der Waals surface area contributed by atoms with Gasteiger partial charge in [-0.05, 0) is 38.0 Å².